The molecule has 2 aromatic carbocycles. The number of hydrogen-bond donors (Lipinski definition) is 8. The number of methoxy groups -OCH3 is 1. The fraction of sp³-hybridized carbons (Fsp3) is 0.520. The molecule has 7 atom stereocenters. The molecule has 0 saturated carbocycles. The summed E-state index contributed by atoms with van der Waals surface area (Å²) in [4.78, 5) is 0. The Balaban J connectivity index is 1.54. The molecule has 1 aliphatic rings. The van der Waals surface area contributed by atoms with Crippen LogP contribution in [0, 0.1) is 0 Å². The Labute approximate surface area is 213 Å². The summed E-state index contributed by atoms with van der Waals surface area (Å²) < 4.78 is 21.4. The standard InChI is InChI=1S/C25H34O12/c1-34-18-10-14(5-6-15(18)28)21(30)19(11-26)36-17-7-4-13(9-16(17)29)3-2-8-35-25-24(33)23(32)22(31)20(12-27)37-25/h4-7,9-10,19-33H,2-3,8,11-12H2,1H3. The van der Waals surface area contributed by atoms with Crippen LogP contribution in [0.5, 0.6) is 23.0 Å². The number of hydrogen-bond acceptors (Lipinski definition) is 12. The molecule has 1 fully saturated rings. The summed E-state index contributed by atoms with van der Waals surface area (Å²) in [6, 6.07) is 8.88. The Hall–Kier alpha value is -2.68. The molecular formula is C25H34O12. The van der Waals surface area contributed by atoms with Crippen LogP contribution in [-0.4, -0.2) is 105 Å². The van der Waals surface area contributed by atoms with Crippen molar-refractivity contribution in [2.45, 2.75) is 55.8 Å². The highest BCUT2D eigenvalue weighted by Crippen LogP contribution is 2.33. The Morgan fingerprint density at radius 1 is 0.919 bits per heavy atom. The predicted molar refractivity (Wildman–Crippen MR) is 127 cm³/mol. The van der Waals surface area contributed by atoms with Gasteiger partial charge >= 0.3 is 0 Å². The predicted octanol–water partition coefficient (Wildman–Crippen LogP) is -0.671. The molecule has 12 nitrogen and oxygen atoms in total. The van der Waals surface area contributed by atoms with Gasteiger partial charge in [-0.1, -0.05) is 12.1 Å². The zero-order chi connectivity index (χ0) is 27.1. The second-order valence-electron chi connectivity index (χ2n) is 8.69. The van der Waals surface area contributed by atoms with Crippen molar-refractivity contribution >= 4 is 0 Å². The third-order valence-electron chi connectivity index (χ3n) is 6.12. The minimum absolute atomic E-state index is 0.0464. The number of aryl methyl sites for hydroxylation is 1. The summed E-state index contributed by atoms with van der Waals surface area (Å²) >= 11 is 0. The van der Waals surface area contributed by atoms with Gasteiger partial charge in [0.25, 0.3) is 0 Å². The minimum atomic E-state index is -1.52. The van der Waals surface area contributed by atoms with Crippen molar-refractivity contribution < 1.29 is 59.8 Å². The van der Waals surface area contributed by atoms with Gasteiger partial charge in [0.15, 0.2) is 35.4 Å². The van der Waals surface area contributed by atoms with Crippen molar-refractivity contribution in [3.8, 4) is 23.0 Å². The van der Waals surface area contributed by atoms with E-state index in [4.69, 9.17) is 18.9 Å². The number of benzene rings is 2. The molecule has 0 aromatic heterocycles. The van der Waals surface area contributed by atoms with Gasteiger partial charge < -0.3 is 59.8 Å². The maximum atomic E-state index is 10.6. The van der Waals surface area contributed by atoms with Gasteiger partial charge in [0.2, 0.25) is 0 Å². The molecule has 0 aliphatic carbocycles. The SMILES string of the molecule is COc1cc(C(O)C(CO)Oc2ccc(CCCOC3OC(CO)C(O)C(O)C3O)cc2O)ccc1O. The first kappa shape index (κ1) is 28.9. The average molecular weight is 527 g/mol. The Morgan fingerprint density at radius 2 is 1.68 bits per heavy atom. The van der Waals surface area contributed by atoms with Gasteiger partial charge in [-0.2, -0.15) is 0 Å². The van der Waals surface area contributed by atoms with Crippen LogP contribution in [0.25, 0.3) is 0 Å². The summed E-state index contributed by atoms with van der Waals surface area (Å²) in [6.07, 6.45) is -8.19. The van der Waals surface area contributed by atoms with Crippen LogP contribution in [0.15, 0.2) is 36.4 Å². The molecule has 7 unspecified atom stereocenters. The van der Waals surface area contributed by atoms with Crippen molar-refractivity contribution in [1.82, 2.24) is 0 Å². The molecule has 1 aliphatic heterocycles. The van der Waals surface area contributed by atoms with Crippen LogP contribution in [0.4, 0.5) is 0 Å². The average Bonchev–Trinajstić information content (AvgIpc) is 2.90. The lowest BCUT2D eigenvalue weighted by Crippen LogP contribution is -2.59. The van der Waals surface area contributed by atoms with Crippen molar-refractivity contribution in [2.75, 3.05) is 26.9 Å². The number of aromatic hydroxyl groups is 2. The van der Waals surface area contributed by atoms with Gasteiger partial charge in [-0.3, -0.25) is 0 Å². The summed E-state index contributed by atoms with van der Waals surface area (Å²) in [7, 11) is 1.37. The summed E-state index contributed by atoms with van der Waals surface area (Å²) in [6.45, 7) is -0.979. The minimum Gasteiger partial charge on any atom is -0.504 e. The molecule has 0 radical (unpaired) electrons. The van der Waals surface area contributed by atoms with E-state index in [1.807, 2.05) is 0 Å². The quantitative estimate of drug-likeness (QED) is 0.163. The van der Waals surface area contributed by atoms with Crippen LogP contribution in [-0.2, 0) is 15.9 Å². The molecule has 37 heavy (non-hydrogen) atoms. The van der Waals surface area contributed by atoms with E-state index in [2.05, 4.69) is 0 Å². The summed E-state index contributed by atoms with van der Waals surface area (Å²) in [5.41, 5.74) is 1.07. The first-order valence-electron chi connectivity index (χ1n) is 11.8. The number of phenolic OH excluding ortho intramolecular Hbond substituents is 2. The van der Waals surface area contributed by atoms with E-state index in [-0.39, 0.29) is 29.6 Å². The van der Waals surface area contributed by atoms with Gasteiger partial charge in [0, 0.05) is 0 Å². The number of ether oxygens (including phenoxy) is 4. The van der Waals surface area contributed by atoms with Gasteiger partial charge in [0.05, 0.1) is 26.9 Å². The highest BCUT2D eigenvalue weighted by Gasteiger charge is 2.43. The number of rotatable bonds is 12. The van der Waals surface area contributed by atoms with Crippen molar-refractivity contribution in [1.29, 1.82) is 0 Å². The van der Waals surface area contributed by atoms with Crippen LogP contribution < -0.4 is 9.47 Å². The molecule has 3 rings (SSSR count). The molecule has 1 saturated heterocycles. The highest BCUT2D eigenvalue weighted by molar-refractivity contribution is 5.44. The van der Waals surface area contributed by atoms with Crippen LogP contribution in [0.2, 0.25) is 0 Å². The van der Waals surface area contributed by atoms with Gasteiger partial charge in [0.1, 0.15) is 30.5 Å². The summed E-state index contributed by atoms with van der Waals surface area (Å²) in [5.74, 6) is -0.117. The molecule has 2 aromatic rings. The second kappa shape index (κ2) is 13.2. The van der Waals surface area contributed by atoms with Crippen molar-refractivity contribution in [3.63, 3.8) is 0 Å². The van der Waals surface area contributed by atoms with Crippen molar-refractivity contribution in [3.05, 3.63) is 47.5 Å². The Bertz CT molecular complexity index is 1000. The van der Waals surface area contributed by atoms with E-state index < -0.39 is 56.1 Å². The van der Waals surface area contributed by atoms with E-state index in [9.17, 15) is 40.9 Å². The highest BCUT2D eigenvalue weighted by atomic mass is 16.7. The largest absolute Gasteiger partial charge is 0.504 e. The van der Waals surface area contributed by atoms with E-state index in [1.54, 1.807) is 6.07 Å². The van der Waals surface area contributed by atoms with E-state index in [0.29, 0.717) is 18.4 Å². The lowest BCUT2D eigenvalue weighted by atomic mass is 9.99. The monoisotopic (exact) mass is 526 g/mol. The number of aliphatic hydroxyl groups excluding tert-OH is 6. The van der Waals surface area contributed by atoms with E-state index >= 15 is 0 Å². The maximum absolute atomic E-state index is 10.6. The lowest BCUT2D eigenvalue weighted by molar-refractivity contribution is -0.301. The van der Waals surface area contributed by atoms with Gasteiger partial charge in [-0.25, -0.2) is 0 Å². The van der Waals surface area contributed by atoms with Crippen LogP contribution in [0.3, 0.4) is 0 Å². The number of phenols is 2. The number of aliphatic hydroxyl groups is 6. The van der Waals surface area contributed by atoms with Crippen LogP contribution in [0.1, 0.15) is 23.7 Å². The van der Waals surface area contributed by atoms with E-state index in [0.717, 1.165) is 5.56 Å². The van der Waals surface area contributed by atoms with Gasteiger partial charge in [-0.15, -0.1) is 0 Å². The molecule has 8 N–H and O–H groups in total. The normalized spacial score (nSPS) is 25.4. The molecule has 12 heteroatoms. The molecule has 0 spiro atoms. The first-order chi connectivity index (χ1) is 17.7. The molecule has 1 heterocycles. The van der Waals surface area contributed by atoms with E-state index in [1.165, 1.54) is 37.4 Å². The molecule has 0 amide bonds. The molecular weight excluding hydrogens is 492 g/mol. The zero-order valence-electron chi connectivity index (χ0n) is 20.3. The summed E-state index contributed by atoms with van der Waals surface area (Å²) in [5, 5.41) is 79.4. The zero-order valence-corrected chi connectivity index (χ0v) is 20.3. The lowest BCUT2D eigenvalue weighted by Gasteiger charge is -2.39. The third-order valence-corrected chi connectivity index (χ3v) is 6.12. The maximum Gasteiger partial charge on any atom is 0.186 e. The smallest absolute Gasteiger partial charge is 0.186 e. The third kappa shape index (κ3) is 7.00. The molecule has 206 valence electrons. The second-order valence-corrected chi connectivity index (χ2v) is 8.69. The van der Waals surface area contributed by atoms with Crippen molar-refractivity contribution in [2.24, 2.45) is 0 Å². The topological polar surface area (TPSA) is 199 Å². The Kier molecular flexibility index (Phi) is 10.3. The van der Waals surface area contributed by atoms with Gasteiger partial charge in [-0.05, 0) is 48.2 Å². The van der Waals surface area contributed by atoms with Crippen LogP contribution >= 0.6 is 0 Å². The fourth-order valence-corrected chi connectivity index (χ4v) is 3.96. The first-order valence-corrected chi connectivity index (χ1v) is 11.8. The Morgan fingerprint density at radius 3 is 2.32 bits per heavy atom. The molecule has 0 bridgehead atoms. The fourth-order valence-electron chi connectivity index (χ4n) is 3.96.